The van der Waals surface area contributed by atoms with Crippen LogP contribution in [0.4, 0.5) is 4.39 Å². The van der Waals surface area contributed by atoms with Gasteiger partial charge >= 0.3 is 5.97 Å². The molecule has 0 amide bonds. The van der Waals surface area contributed by atoms with Gasteiger partial charge in [-0.25, -0.2) is 4.39 Å². The van der Waals surface area contributed by atoms with Crippen LogP contribution in [0.5, 0.6) is 0 Å². The number of halogens is 1. The Morgan fingerprint density at radius 2 is 1.74 bits per heavy atom. The lowest BCUT2D eigenvalue weighted by Gasteiger charge is -2.15. The normalized spacial score (nSPS) is 11.9. The van der Waals surface area contributed by atoms with E-state index >= 15 is 0 Å². The maximum Gasteiger partial charge on any atom is 0.313 e. The molecule has 0 aliphatic heterocycles. The van der Waals surface area contributed by atoms with Crippen molar-refractivity contribution in [1.82, 2.24) is 0 Å². The fourth-order valence-electron chi connectivity index (χ4n) is 2.02. The molecule has 3 heteroatoms. The quantitative estimate of drug-likeness (QED) is 0.786. The Balaban J connectivity index is 2.24. The second-order valence-corrected chi connectivity index (χ2v) is 4.32. The molecule has 0 aliphatic rings. The Morgan fingerprint density at radius 3 is 2.32 bits per heavy atom. The van der Waals surface area contributed by atoms with E-state index in [1.807, 2.05) is 30.3 Å². The van der Waals surface area contributed by atoms with E-state index in [1.165, 1.54) is 19.2 Å². The summed E-state index contributed by atoms with van der Waals surface area (Å²) in [5.41, 5.74) is 1.80. The number of esters is 1. The van der Waals surface area contributed by atoms with Crippen molar-refractivity contribution in [3.8, 4) is 0 Å². The van der Waals surface area contributed by atoms with Crippen LogP contribution in [0.2, 0.25) is 0 Å². The summed E-state index contributed by atoms with van der Waals surface area (Å²) in [4.78, 5) is 11.9. The first-order valence-electron chi connectivity index (χ1n) is 6.08. The maximum atomic E-state index is 12.9. The standard InChI is InChI=1S/C16H15FO2/c1-19-16(18)15(13-5-3-2-4-6-13)11-12-7-9-14(17)10-8-12/h2-10,15H,11H2,1H3/t15-/m1/s1. The first-order valence-corrected chi connectivity index (χ1v) is 6.08. The van der Waals surface area contributed by atoms with Crippen LogP contribution in [0.15, 0.2) is 54.6 Å². The van der Waals surface area contributed by atoms with Gasteiger partial charge in [0.1, 0.15) is 5.82 Å². The fourth-order valence-corrected chi connectivity index (χ4v) is 2.02. The van der Waals surface area contributed by atoms with Gasteiger partial charge in [-0.1, -0.05) is 42.5 Å². The SMILES string of the molecule is COC(=O)[C@H](Cc1ccc(F)cc1)c1ccccc1. The molecule has 0 N–H and O–H groups in total. The summed E-state index contributed by atoms with van der Waals surface area (Å²) < 4.78 is 17.7. The molecule has 2 nitrogen and oxygen atoms in total. The van der Waals surface area contributed by atoms with Gasteiger partial charge in [0.25, 0.3) is 0 Å². The minimum Gasteiger partial charge on any atom is -0.469 e. The van der Waals surface area contributed by atoms with Gasteiger partial charge in [0.15, 0.2) is 0 Å². The average molecular weight is 258 g/mol. The van der Waals surface area contributed by atoms with Gasteiger partial charge in [0.05, 0.1) is 13.0 Å². The first kappa shape index (κ1) is 13.3. The molecule has 0 fully saturated rings. The van der Waals surface area contributed by atoms with E-state index in [1.54, 1.807) is 12.1 Å². The Morgan fingerprint density at radius 1 is 1.11 bits per heavy atom. The number of carbonyl (C=O) groups excluding carboxylic acids is 1. The number of hydrogen-bond acceptors (Lipinski definition) is 2. The summed E-state index contributed by atoms with van der Waals surface area (Å²) in [5.74, 6) is -0.926. The summed E-state index contributed by atoms with van der Waals surface area (Å²) in [5, 5.41) is 0. The Kier molecular flexibility index (Phi) is 4.29. The molecule has 2 rings (SSSR count). The predicted octanol–water partition coefficient (Wildman–Crippen LogP) is 3.33. The summed E-state index contributed by atoms with van der Waals surface area (Å²) in [6, 6.07) is 15.6. The largest absolute Gasteiger partial charge is 0.469 e. The average Bonchev–Trinajstić information content (AvgIpc) is 2.47. The third-order valence-electron chi connectivity index (χ3n) is 3.04. The Labute approximate surface area is 111 Å². The smallest absolute Gasteiger partial charge is 0.313 e. The third-order valence-corrected chi connectivity index (χ3v) is 3.04. The van der Waals surface area contributed by atoms with Crippen molar-refractivity contribution in [2.45, 2.75) is 12.3 Å². The van der Waals surface area contributed by atoms with Crippen molar-refractivity contribution < 1.29 is 13.9 Å². The summed E-state index contributed by atoms with van der Waals surface area (Å²) in [6.45, 7) is 0. The number of rotatable bonds is 4. The van der Waals surface area contributed by atoms with Gasteiger partial charge in [0.2, 0.25) is 0 Å². The Bertz CT molecular complexity index is 534. The molecule has 0 spiro atoms. The van der Waals surface area contributed by atoms with Crippen molar-refractivity contribution in [3.63, 3.8) is 0 Å². The molecule has 0 aliphatic carbocycles. The van der Waals surface area contributed by atoms with Crippen molar-refractivity contribution in [3.05, 3.63) is 71.5 Å². The highest BCUT2D eigenvalue weighted by Gasteiger charge is 2.21. The number of carbonyl (C=O) groups is 1. The van der Waals surface area contributed by atoms with Crippen LogP contribution in [0, 0.1) is 5.82 Å². The van der Waals surface area contributed by atoms with Gasteiger partial charge in [-0.15, -0.1) is 0 Å². The number of methoxy groups -OCH3 is 1. The highest BCUT2D eigenvalue weighted by molar-refractivity contribution is 5.78. The number of benzene rings is 2. The predicted molar refractivity (Wildman–Crippen MR) is 71.3 cm³/mol. The molecule has 0 saturated carbocycles. The number of hydrogen-bond donors (Lipinski definition) is 0. The highest BCUT2D eigenvalue weighted by atomic mass is 19.1. The zero-order chi connectivity index (χ0) is 13.7. The third kappa shape index (κ3) is 3.41. The van der Waals surface area contributed by atoms with Gasteiger partial charge in [0, 0.05) is 0 Å². The van der Waals surface area contributed by atoms with Gasteiger partial charge in [-0.05, 0) is 29.7 Å². The van der Waals surface area contributed by atoms with E-state index < -0.39 is 0 Å². The highest BCUT2D eigenvalue weighted by Crippen LogP contribution is 2.22. The van der Waals surface area contributed by atoms with Crippen molar-refractivity contribution >= 4 is 5.97 Å². The molecular formula is C16H15FO2. The second kappa shape index (κ2) is 6.14. The first-order chi connectivity index (χ1) is 9.20. The topological polar surface area (TPSA) is 26.3 Å². The van der Waals surface area contributed by atoms with Crippen molar-refractivity contribution in [2.24, 2.45) is 0 Å². The zero-order valence-electron chi connectivity index (χ0n) is 10.7. The summed E-state index contributed by atoms with van der Waals surface area (Å²) in [7, 11) is 1.38. The Hall–Kier alpha value is -2.16. The molecule has 2 aromatic carbocycles. The molecular weight excluding hydrogens is 243 g/mol. The fraction of sp³-hybridized carbons (Fsp3) is 0.188. The van der Waals surface area contributed by atoms with Crippen LogP contribution in [0.1, 0.15) is 17.0 Å². The van der Waals surface area contributed by atoms with Crippen LogP contribution in [0.3, 0.4) is 0 Å². The summed E-state index contributed by atoms with van der Waals surface area (Å²) in [6.07, 6.45) is 0.497. The molecule has 0 radical (unpaired) electrons. The van der Waals surface area contributed by atoms with E-state index in [4.69, 9.17) is 4.74 Å². The molecule has 19 heavy (non-hydrogen) atoms. The lowest BCUT2D eigenvalue weighted by Crippen LogP contribution is -2.16. The molecule has 0 heterocycles. The zero-order valence-corrected chi connectivity index (χ0v) is 10.7. The van der Waals surface area contributed by atoms with E-state index in [9.17, 15) is 9.18 Å². The minimum absolute atomic E-state index is 0.280. The van der Waals surface area contributed by atoms with Gasteiger partial charge in [-0.2, -0.15) is 0 Å². The van der Waals surface area contributed by atoms with E-state index in [2.05, 4.69) is 0 Å². The van der Waals surface area contributed by atoms with E-state index in [0.717, 1.165) is 11.1 Å². The second-order valence-electron chi connectivity index (χ2n) is 4.32. The minimum atomic E-state index is -0.364. The van der Waals surface area contributed by atoms with Crippen LogP contribution < -0.4 is 0 Å². The molecule has 0 aromatic heterocycles. The molecule has 98 valence electrons. The molecule has 1 atom stereocenters. The van der Waals surface area contributed by atoms with E-state index in [-0.39, 0.29) is 17.7 Å². The van der Waals surface area contributed by atoms with Gasteiger partial charge in [-0.3, -0.25) is 4.79 Å². The van der Waals surface area contributed by atoms with Crippen molar-refractivity contribution in [1.29, 1.82) is 0 Å². The van der Waals surface area contributed by atoms with Crippen LogP contribution in [-0.2, 0) is 16.0 Å². The van der Waals surface area contributed by atoms with Crippen molar-refractivity contribution in [2.75, 3.05) is 7.11 Å². The van der Waals surface area contributed by atoms with Crippen LogP contribution in [-0.4, -0.2) is 13.1 Å². The van der Waals surface area contributed by atoms with E-state index in [0.29, 0.717) is 6.42 Å². The lowest BCUT2D eigenvalue weighted by molar-refractivity contribution is -0.142. The molecule has 2 aromatic rings. The number of ether oxygens (including phenoxy) is 1. The molecule has 0 bridgehead atoms. The van der Waals surface area contributed by atoms with Gasteiger partial charge < -0.3 is 4.74 Å². The van der Waals surface area contributed by atoms with Crippen LogP contribution in [0.25, 0.3) is 0 Å². The monoisotopic (exact) mass is 258 g/mol. The maximum absolute atomic E-state index is 12.9. The lowest BCUT2D eigenvalue weighted by atomic mass is 9.92. The molecule has 0 saturated heterocycles. The molecule has 0 unspecified atom stereocenters. The summed E-state index contributed by atoms with van der Waals surface area (Å²) >= 11 is 0. The van der Waals surface area contributed by atoms with Crippen LogP contribution >= 0.6 is 0 Å².